The van der Waals surface area contributed by atoms with E-state index in [1.165, 1.54) is 6.08 Å². The molecule has 0 saturated heterocycles. The molecule has 0 radical (unpaired) electrons. The summed E-state index contributed by atoms with van der Waals surface area (Å²) in [5, 5.41) is 2.72. The Morgan fingerprint density at radius 3 is 2.39 bits per heavy atom. The molecular weight excluding hydrogens is 294 g/mol. The molecule has 0 fully saturated rings. The van der Waals surface area contributed by atoms with E-state index >= 15 is 0 Å². The summed E-state index contributed by atoms with van der Waals surface area (Å²) in [4.78, 5) is 22.7. The molecule has 5 heteroatoms. The highest BCUT2D eigenvalue weighted by Crippen LogP contribution is 2.08. The summed E-state index contributed by atoms with van der Waals surface area (Å²) in [6, 6.07) is 7.75. The Labute approximate surface area is 137 Å². The second kappa shape index (κ2) is 8.98. The first-order chi connectivity index (χ1) is 10.8. The Morgan fingerprint density at radius 2 is 1.83 bits per heavy atom. The highest BCUT2D eigenvalue weighted by atomic mass is 16.6. The van der Waals surface area contributed by atoms with Crippen molar-refractivity contribution in [3.05, 3.63) is 41.5 Å². The summed E-state index contributed by atoms with van der Waals surface area (Å²) in [7, 11) is 0. The van der Waals surface area contributed by atoms with E-state index in [0.29, 0.717) is 19.6 Å². The molecule has 0 aromatic heterocycles. The van der Waals surface area contributed by atoms with Crippen LogP contribution >= 0.6 is 0 Å². The van der Waals surface area contributed by atoms with E-state index in [1.807, 2.05) is 45.0 Å². The second-order valence-electron chi connectivity index (χ2n) is 6.01. The first kappa shape index (κ1) is 18.7. The average Bonchev–Trinajstić information content (AvgIpc) is 2.45. The fourth-order valence-electron chi connectivity index (χ4n) is 1.77. The summed E-state index contributed by atoms with van der Waals surface area (Å²) in [6.07, 6.45) is 3.41. The van der Waals surface area contributed by atoms with Gasteiger partial charge in [0.15, 0.2) is 0 Å². The quantitative estimate of drug-likeness (QED) is 0.645. The van der Waals surface area contributed by atoms with Crippen LogP contribution in [-0.4, -0.2) is 30.8 Å². The molecule has 0 spiro atoms. The van der Waals surface area contributed by atoms with Crippen LogP contribution in [0.3, 0.4) is 0 Å². The van der Waals surface area contributed by atoms with Gasteiger partial charge >= 0.3 is 12.1 Å². The van der Waals surface area contributed by atoms with Crippen LogP contribution in [0.2, 0.25) is 0 Å². The van der Waals surface area contributed by atoms with Gasteiger partial charge in [0, 0.05) is 12.6 Å². The smallest absolute Gasteiger partial charge is 0.407 e. The lowest BCUT2D eigenvalue weighted by atomic mass is 10.1. The van der Waals surface area contributed by atoms with Gasteiger partial charge in [-0.05, 0) is 51.3 Å². The van der Waals surface area contributed by atoms with Crippen molar-refractivity contribution in [1.82, 2.24) is 5.32 Å². The summed E-state index contributed by atoms with van der Waals surface area (Å²) in [5.41, 5.74) is 1.52. The zero-order valence-electron chi connectivity index (χ0n) is 14.2. The van der Waals surface area contributed by atoms with Gasteiger partial charge < -0.3 is 14.8 Å². The Hall–Kier alpha value is -2.30. The molecule has 1 aromatic rings. The lowest BCUT2D eigenvalue weighted by Crippen LogP contribution is -2.33. The number of esters is 1. The third-order valence-corrected chi connectivity index (χ3v) is 2.76. The molecule has 0 bridgehead atoms. The van der Waals surface area contributed by atoms with Crippen molar-refractivity contribution in [2.45, 2.75) is 39.7 Å². The largest absolute Gasteiger partial charge is 0.463 e. The summed E-state index contributed by atoms with van der Waals surface area (Å²) in [6.45, 7) is 8.13. The molecular formula is C18H25NO4. The predicted molar refractivity (Wildman–Crippen MR) is 90.0 cm³/mol. The van der Waals surface area contributed by atoms with Crippen LogP contribution in [-0.2, 0) is 20.7 Å². The molecule has 0 aliphatic rings. The van der Waals surface area contributed by atoms with E-state index in [2.05, 4.69) is 5.32 Å². The number of hydrogen-bond donors (Lipinski definition) is 1. The summed E-state index contributed by atoms with van der Waals surface area (Å²) >= 11 is 0. The van der Waals surface area contributed by atoms with Crippen LogP contribution in [0, 0.1) is 0 Å². The van der Waals surface area contributed by atoms with Crippen molar-refractivity contribution in [3.63, 3.8) is 0 Å². The molecule has 1 rings (SSSR count). The van der Waals surface area contributed by atoms with Crippen LogP contribution < -0.4 is 5.32 Å². The summed E-state index contributed by atoms with van der Waals surface area (Å²) < 4.78 is 9.99. The van der Waals surface area contributed by atoms with Crippen molar-refractivity contribution < 1.29 is 19.1 Å². The van der Waals surface area contributed by atoms with Gasteiger partial charge in [0.25, 0.3) is 0 Å². The van der Waals surface area contributed by atoms with Crippen molar-refractivity contribution in [1.29, 1.82) is 0 Å². The average molecular weight is 319 g/mol. The van der Waals surface area contributed by atoms with Crippen LogP contribution in [0.5, 0.6) is 0 Å². The van der Waals surface area contributed by atoms with Gasteiger partial charge in [-0.1, -0.05) is 24.3 Å². The van der Waals surface area contributed by atoms with E-state index in [-0.39, 0.29) is 5.97 Å². The summed E-state index contributed by atoms with van der Waals surface area (Å²) in [5.74, 6) is -0.349. The van der Waals surface area contributed by atoms with E-state index in [4.69, 9.17) is 9.47 Å². The van der Waals surface area contributed by atoms with Crippen LogP contribution in [0.1, 0.15) is 38.8 Å². The Kier molecular flexibility index (Phi) is 7.32. The predicted octanol–water partition coefficient (Wildman–Crippen LogP) is 3.33. The standard InChI is InChI=1S/C18H25NO4/c1-5-22-16(20)11-10-14-6-8-15(9-7-14)12-13-19-17(21)23-18(2,3)4/h6-11H,5,12-13H2,1-4H3,(H,19,21)/b11-10+. The SMILES string of the molecule is CCOC(=O)/C=C/c1ccc(CCNC(=O)OC(C)(C)C)cc1. The number of hydrogen-bond acceptors (Lipinski definition) is 4. The zero-order valence-corrected chi connectivity index (χ0v) is 14.2. The Morgan fingerprint density at radius 1 is 1.17 bits per heavy atom. The fourth-order valence-corrected chi connectivity index (χ4v) is 1.77. The van der Waals surface area contributed by atoms with Gasteiger partial charge in [-0.2, -0.15) is 0 Å². The van der Waals surface area contributed by atoms with Crippen LogP contribution in [0.25, 0.3) is 6.08 Å². The molecule has 0 aliphatic heterocycles. The van der Waals surface area contributed by atoms with Crippen molar-refractivity contribution in [2.75, 3.05) is 13.2 Å². The number of ether oxygens (including phenoxy) is 2. The van der Waals surface area contributed by atoms with E-state index in [1.54, 1.807) is 13.0 Å². The minimum Gasteiger partial charge on any atom is -0.463 e. The second-order valence-corrected chi connectivity index (χ2v) is 6.01. The molecule has 0 atom stereocenters. The Bertz CT molecular complexity index is 541. The number of alkyl carbamates (subject to hydrolysis) is 1. The number of amides is 1. The molecule has 1 amide bonds. The van der Waals surface area contributed by atoms with Gasteiger partial charge in [-0.3, -0.25) is 0 Å². The lowest BCUT2D eigenvalue weighted by molar-refractivity contribution is -0.137. The first-order valence-corrected chi connectivity index (χ1v) is 7.71. The van der Waals surface area contributed by atoms with Crippen molar-refractivity contribution in [2.24, 2.45) is 0 Å². The number of nitrogens with one attached hydrogen (secondary N) is 1. The maximum atomic E-state index is 11.5. The maximum absolute atomic E-state index is 11.5. The maximum Gasteiger partial charge on any atom is 0.407 e. The molecule has 23 heavy (non-hydrogen) atoms. The monoisotopic (exact) mass is 319 g/mol. The van der Waals surface area contributed by atoms with Crippen LogP contribution in [0.15, 0.2) is 30.3 Å². The molecule has 5 nitrogen and oxygen atoms in total. The minimum atomic E-state index is -0.489. The van der Waals surface area contributed by atoms with Gasteiger partial charge in [0.1, 0.15) is 5.60 Å². The molecule has 0 aliphatic carbocycles. The lowest BCUT2D eigenvalue weighted by Gasteiger charge is -2.19. The van der Waals surface area contributed by atoms with Gasteiger partial charge in [-0.15, -0.1) is 0 Å². The molecule has 0 unspecified atom stereocenters. The third-order valence-electron chi connectivity index (χ3n) is 2.76. The topological polar surface area (TPSA) is 64.6 Å². The van der Waals surface area contributed by atoms with Crippen LogP contribution in [0.4, 0.5) is 4.79 Å². The minimum absolute atomic E-state index is 0.349. The first-order valence-electron chi connectivity index (χ1n) is 7.71. The zero-order chi connectivity index (χ0) is 17.3. The van der Waals surface area contributed by atoms with Crippen molar-refractivity contribution in [3.8, 4) is 0 Å². The molecule has 1 N–H and O–H groups in total. The van der Waals surface area contributed by atoms with Gasteiger partial charge in [0.05, 0.1) is 6.61 Å². The number of benzene rings is 1. The highest BCUT2D eigenvalue weighted by Gasteiger charge is 2.15. The van der Waals surface area contributed by atoms with E-state index in [9.17, 15) is 9.59 Å². The fraction of sp³-hybridized carbons (Fsp3) is 0.444. The van der Waals surface area contributed by atoms with Gasteiger partial charge in [-0.25, -0.2) is 9.59 Å². The molecule has 0 heterocycles. The Balaban J connectivity index is 2.40. The highest BCUT2D eigenvalue weighted by molar-refractivity contribution is 5.87. The number of carbonyl (C=O) groups is 2. The molecule has 0 saturated carbocycles. The van der Waals surface area contributed by atoms with E-state index < -0.39 is 11.7 Å². The number of carbonyl (C=O) groups excluding carboxylic acids is 2. The van der Waals surface area contributed by atoms with Gasteiger partial charge in [0.2, 0.25) is 0 Å². The van der Waals surface area contributed by atoms with E-state index in [0.717, 1.165) is 11.1 Å². The number of rotatable bonds is 6. The molecule has 1 aromatic carbocycles. The normalized spacial score (nSPS) is 11.3. The third kappa shape index (κ3) is 8.66. The molecule has 126 valence electrons. The van der Waals surface area contributed by atoms with Crippen molar-refractivity contribution >= 4 is 18.1 Å².